The fraction of sp³-hybridized carbons (Fsp3) is 0.571. The zero-order valence-electron chi connectivity index (χ0n) is 12.1. The van der Waals surface area contributed by atoms with Crippen molar-refractivity contribution in [1.82, 2.24) is 4.98 Å². The minimum Gasteiger partial charge on any atom is -0.330 e. The number of aromatic nitrogens is 1. The number of pyridine rings is 1. The van der Waals surface area contributed by atoms with Gasteiger partial charge in [0.2, 0.25) is 5.91 Å². The molecule has 0 aliphatic heterocycles. The van der Waals surface area contributed by atoms with E-state index in [9.17, 15) is 13.2 Å². The van der Waals surface area contributed by atoms with Crippen molar-refractivity contribution in [3.8, 4) is 0 Å². The standard InChI is InChI=1S/C14H21N3O3S/c1-21(19,20)13-7-6-12(9-16-13)17-14(18)11-4-2-10(8-15)3-5-11/h6-7,9-11H,2-5,8,15H2,1H3,(H,17,18). The van der Waals surface area contributed by atoms with Gasteiger partial charge in [0.05, 0.1) is 11.9 Å². The van der Waals surface area contributed by atoms with Crippen LogP contribution in [0.4, 0.5) is 5.69 Å². The monoisotopic (exact) mass is 311 g/mol. The van der Waals surface area contributed by atoms with Gasteiger partial charge in [-0.05, 0) is 50.3 Å². The summed E-state index contributed by atoms with van der Waals surface area (Å²) in [6.07, 6.45) is 6.15. The quantitative estimate of drug-likeness (QED) is 0.869. The lowest BCUT2D eigenvalue weighted by molar-refractivity contribution is -0.121. The third-order valence-corrected chi connectivity index (χ3v) is 4.94. The molecule has 116 valence electrons. The van der Waals surface area contributed by atoms with E-state index in [4.69, 9.17) is 5.73 Å². The minimum atomic E-state index is -3.31. The molecule has 1 aromatic rings. The van der Waals surface area contributed by atoms with Crippen molar-refractivity contribution in [2.45, 2.75) is 30.7 Å². The van der Waals surface area contributed by atoms with Crippen molar-refractivity contribution < 1.29 is 13.2 Å². The van der Waals surface area contributed by atoms with E-state index in [-0.39, 0.29) is 16.9 Å². The number of nitrogens with one attached hydrogen (secondary N) is 1. The molecule has 0 bridgehead atoms. The smallest absolute Gasteiger partial charge is 0.227 e. The highest BCUT2D eigenvalue weighted by Crippen LogP contribution is 2.29. The van der Waals surface area contributed by atoms with Gasteiger partial charge in [-0.3, -0.25) is 4.79 Å². The molecule has 0 spiro atoms. The molecule has 6 nitrogen and oxygen atoms in total. The third kappa shape index (κ3) is 4.25. The van der Waals surface area contributed by atoms with E-state index >= 15 is 0 Å². The molecule has 0 radical (unpaired) electrons. The first kappa shape index (κ1) is 15.9. The molecule has 3 N–H and O–H groups in total. The van der Waals surface area contributed by atoms with E-state index in [1.165, 1.54) is 12.3 Å². The fourth-order valence-corrected chi connectivity index (χ4v) is 3.14. The summed E-state index contributed by atoms with van der Waals surface area (Å²) < 4.78 is 22.6. The van der Waals surface area contributed by atoms with Gasteiger partial charge >= 0.3 is 0 Å². The Labute approximate surface area is 125 Å². The number of nitrogens with two attached hydrogens (primary N) is 1. The predicted molar refractivity (Wildman–Crippen MR) is 80.5 cm³/mol. The van der Waals surface area contributed by atoms with Crippen LogP contribution in [0.2, 0.25) is 0 Å². The number of anilines is 1. The van der Waals surface area contributed by atoms with Gasteiger partial charge in [0.25, 0.3) is 0 Å². The number of carbonyl (C=O) groups is 1. The molecule has 1 aromatic heterocycles. The van der Waals surface area contributed by atoms with E-state index in [2.05, 4.69) is 10.3 Å². The maximum absolute atomic E-state index is 12.2. The van der Waals surface area contributed by atoms with Crippen LogP contribution in [0.5, 0.6) is 0 Å². The first-order chi connectivity index (χ1) is 9.90. The second-order valence-electron chi connectivity index (χ2n) is 5.60. The van der Waals surface area contributed by atoms with Crippen molar-refractivity contribution in [1.29, 1.82) is 0 Å². The van der Waals surface area contributed by atoms with Gasteiger partial charge < -0.3 is 11.1 Å². The summed E-state index contributed by atoms with van der Waals surface area (Å²) in [7, 11) is -3.31. The Morgan fingerprint density at radius 3 is 2.48 bits per heavy atom. The molecular weight excluding hydrogens is 290 g/mol. The molecule has 1 heterocycles. The van der Waals surface area contributed by atoms with Gasteiger partial charge in [-0.25, -0.2) is 13.4 Å². The average molecular weight is 311 g/mol. The lowest BCUT2D eigenvalue weighted by Gasteiger charge is -2.26. The normalized spacial score (nSPS) is 22.8. The van der Waals surface area contributed by atoms with Crippen LogP contribution in [0.3, 0.4) is 0 Å². The SMILES string of the molecule is CS(=O)(=O)c1ccc(NC(=O)C2CCC(CN)CC2)cn1. The highest BCUT2D eigenvalue weighted by atomic mass is 32.2. The maximum atomic E-state index is 12.2. The van der Waals surface area contributed by atoms with Crippen LogP contribution in [-0.4, -0.2) is 32.1 Å². The largest absolute Gasteiger partial charge is 0.330 e. The van der Waals surface area contributed by atoms with Gasteiger partial charge in [0.15, 0.2) is 14.9 Å². The van der Waals surface area contributed by atoms with E-state index < -0.39 is 9.84 Å². The van der Waals surface area contributed by atoms with Crippen LogP contribution in [0, 0.1) is 11.8 Å². The van der Waals surface area contributed by atoms with Crippen LogP contribution in [0.25, 0.3) is 0 Å². The van der Waals surface area contributed by atoms with Crippen LogP contribution < -0.4 is 11.1 Å². The number of sulfone groups is 1. The molecule has 7 heteroatoms. The van der Waals surface area contributed by atoms with Crippen molar-refractivity contribution in [2.75, 3.05) is 18.1 Å². The van der Waals surface area contributed by atoms with Gasteiger partial charge in [-0.1, -0.05) is 0 Å². The third-order valence-electron chi connectivity index (χ3n) is 3.93. The Balaban J connectivity index is 1.94. The molecule has 21 heavy (non-hydrogen) atoms. The zero-order valence-corrected chi connectivity index (χ0v) is 12.9. The molecule has 1 aliphatic carbocycles. The lowest BCUT2D eigenvalue weighted by atomic mass is 9.81. The molecule has 0 saturated heterocycles. The Morgan fingerprint density at radius 1 is 1.33 bits per heavy atom. The van der Waals surface area contributed by atoms with Crippen molar-refractivity contribution in [3.63, 3.8) is 0 Å². The molecule has 1 fully saturated rings. The van der Waals surface area contributed by atoms with Crippen LogP contribution >= 0.6 is 0 Å². The molecule has 1 amide bonds. The van der Waals surface area contributed by atoms with Gasteiger partial charge in [0, 0.05) is 12.2 Å². The zero-order chi connectivity index (χ0) is 15.5. The Kier molecular flexibility index (Phi) is 4.95. The minimum absolute atomic E-state index is 0.00221. The number of hydrogen-bond acceptors (Lipinski definition) is 5. The summed E-state index contributed by atoms with van der Waals surface area (Å²) in [5.74, 6) is 0.506. The number of rotatable bonds is 4. The van der Waals surface area contributed by atoms with E-state index in [0.717, 1.165) is 31.9 Å². The second-order valence-corrected chi connectivity index (χ2v) is 7.56. The summed E-state index contributed by atoms with van der Waals surface area (Å²) in [5.41, 5.74) is 6.16. The molecule has 0 unspecified atom stereocenters. The van der Waals surface area contributed by atoms with E-state index in [0.29, 0.717) is 18.2 Å². The summed E-state index contributed by atoms with van der Waals surface area (Å²) in [5, 5.41) is 2.80. The molecule has 0 atom stereocenters. The Bertz CT molecular complexity index is 590. The Hall–Kier alpha value is -1.47. The highest BCUT2D eigenvalue weighted by molar-refractivity contribution is 7.90. The number of hydrogen-bond donors (Lipinski definition) is 2. The first-order valence-electron chi connectivity index (χ1n) is 7.07. The summed E-state index contributed by atoms with van der Waals surface area (Å²) >= 11 is 0. The maximum Gasteiger partial charge on any atom is 0.227 e. The van der Waals surface area contributed by atoms with Crippen LogP contribution in [0.1, 0.15) is 25.7 Å². The van der Waals surface area contributed by atoms with Gasteiger partial charge in [-0.2, -0.15) is 0 Å². The fourth-order valence-electron chi connectivity index (χ4n) is 2.58. The average Bonchev–Trinajstić information content (AvgIpc) is 2.47. The second kappa shape index (κ2) is 6.53. The van der Waals surface area contributed by atoms with Crippen molar-refractivity contribution in [2.24, 2.45) is 17.6 Å². The molecule has 1 aliphatic rings. The Morgan fingerprint density at radius 2 is 2.00 bits per heavy atom. The number of carbonyl (C=O) groups excluding carboxylic acids is 1. The van der Waals surface area contributed by atoms with Gasteiger partial charge in [0.1, 0.15) is 0 Å². The van der Waals surface area contributed by atoms with Crippen LogP contribution in [-0.2, 0) is 14.6 Å². The summed E-state index contributed by atoms with van der Waals surface area (Å²) in [6, 6.07) is 2.96. The molecule has 0 aromatic carbocycles. The van der Waals surface area contributed by atoms with Gasteiger partial charge in [-0.15, -0.1) is 0 Å². The summed E-state index contributed by atoms with van der Waals surface area (Å²) in [6.45, 7) is 0.686. The summed E-state index contributed by atoms with van der Waals surface area (Å²) in [4.78, 5) is 16.0. The van der Waals surface area contributed by atoms with Crippen LogP contribution in [0.15, 0.2) is 23.4 Å². The molecule has 2 rings (SSSR count). The molecule has 1 saturated carbocycles. The predicted octanol–water partition coefficient (Wildman–Crippen LogP) is 1.19. The number of amides is 1. The van der Waals surface area contributed by atoms with Crippen molar-refractivity contribution >= 4 is 21.4 Å². The lowest BCUT2D eigenvalue weighted by Crippen LogP contribution is -2.29. The van der Waals surface area contributed by atoms with Crippen molar-refractivity contribution in [3.05, 3.63) is 18.3 Å². The topological polar surface area (TPSA) is 102 Å². The molecular formula is C14H21N3O3S. The van der Waals surface area contributed by atoms with E-state index in [1.807, 2.05) is 0 Å². The highest BCUT2D eigenvalue weighted by Gasteiger charge is 2.25. The first-order valence-corrected chi connectivity index (χ1v) is 8.96. The number of nitrogens with zero attached hydrogens (tertiary/aromatic N) is 1. The van der Waals surface area contributed by atoms with E-state index in [1.54, 1.807) is 6.07 Å².